The van der Waals surface area contributed by atoms with Gasteiger partial charge < -0.3 is 20.6 Å². The molecule has 0 aliphatic rings. The molecule has 0 amide bonds. The Hall–Kier alpha value is -3.66. The number of hydrogen-bond acceptors (Lipinski definition) is 4. The van der Waals surface area contributed by atoms with E-state index in [1.54, 1.807) is 0 Å². The lowest BCUT2D eigenvalue weighted by molar-refractivity contribution is 0.356. The molecule has 0 spiro atoms. The molecule has 0 saturated carbocycles. The molecule has 0 bridgehead atoms. The van der Waals surface area contributed by atoms with Crippen LogP contribution in [0.3, 0.4) is 0 Å². The number of hydrogen-bond donors (Lipinski definition) is 4. The van der Waals surface area contributed by atoms with Crippen molar-refractivity contribution in [2.24, 2.45) is 10.8 Å². The first-order chi connectivity index (χ1) is 18.4. The van der Waals surface area contributed by atoms with Crippen LogP contribution in [0.1, 0.15) is 77.3 Å². The summed E-state index contributed by atoms with van der Waals surface area (Å²) in [5.41, 5.74) is 6.65. The normalized spacial score (nSPS) is 12.7. The Morgan fingerprint density at radius 2 is 1.23 bits per heavy atom. The second-order valence-corrected chi connectivity index (χ2v) is 12.7. The summed E-state index contributed by atoms with van der Waals surface area (Å²) in [4.78, 5) is 16.0. The first-order valence-electron chi connectivity index (χ1n) is 13.7. The van der Waals surface area contributed by atoms with Crippen molar-refractivity contribution in [1.82, 2.24) is 30.6 Å². The molecule has 4 rings (SSSR count). The van der Waals surface area contributed by atoms with E-state index in [1.165, 1.54) is 0 Å². The van der Waals surface area contributed by atoms with E-state index in [2.05, 4.69) is 139 Å². The number of H-pyrrole nitrogens is 2. The Balaban J connectivity index is 1.34. The summed E-state index contributed by atoms with van der Waals surface area (Å²) in [6.45, 7) is 18.1. The van der Waals surface area contributed by atoms with Crippen molar-refractivity contribution in [3.63, 3.8) is 0 Å². The Kier molecular flexibility index (Phi) is 8.74. The molecule has 0 fully saturated rings. The number of aromatic amines is 2. The maximum Gasteiger partial charge on any atom is 0.123 e. The zero-order valence-electron chi connectivity index (χ0n) is 24.4. The SMILES string of the molecule is CC(NCC(C)(C)C)c1ncc(-c2ccc(C#Cc3ccc(-c4cnc(CNCC(C)(C)C)[nH]4)cc3)cc2)[nH]1. The number of nitrogens with zero attached hydrogens (tertiary/aromatic N) is 2. The smallest absolute Gasteiger partial charge is 0.123 e. The average Bonchev–Trinajstić information content (AvgIpc) is 3.56. The fraction of sp³-hybridized carbons (Fsp3) is 0.394. The van der Waals surface area contributed by atoms with Crippen LogP contribution in [0.15, 0.2) is 60.9 Å². The zero-order chi connectivity index (χ0) is 28.0. The maximum absolute atomic E-state index is 4.59. The molecule has 0 saturated heterocycles. The zero-order valence-corrected chi connectivity index (χ0v) is 24.4. The molecule has 2 aromatic heterocycles. The van der Waals surface area contributed by atoms with E-state index in [9.17, 15) is 0 Å². The molecule has 204 valence electrons. The topological polar surface area (TPSA) is 81.4 Å². The van der Waals surface area contributed by atoms with Gasteiger partial charge in [-0.05, 0) is 53.1 Å². The Bertz CT molecular complexity index is 1400. The van der Waals surface area contributed by atoms with Crippen molar-refractivity contribution in [3.05, 3.63) is 83.7 Å². The fourth-order valence-corrected chi connectivity index (χ4v) is 4.02. The molecular weight excluding hydrogens is 480 g/mol. The quantitative estimate of drug-likeness (QED) is 0.194. The highest BCUT2D eigenvalue weighted by molar-refractivity contribution is 5.62. The van der Waals surface area contributed by atoms with Gasteiger partial charge in [0.05, 0.1) is 36.4 Å². The standard InChI is InChI=1S/C33H42N6/c1-23(37-22-33(5,6)7)31-36-19-29(39-31)27-16-12-25(13-17-27)9-8-24-10-14-26(15-11-24)28-18-35-30(38-28)20-34-21-32(2,3)4/h10-19,23,34,37H,20-22H2,1-7H3,(H,35,38)(H,36,39). The lowest BCUT2D eigenvalue weighted by Gasteiger charge is -2.21. The monoisotopic (exact) mass is 522 g/mol. The molecule has 4 aromatic rings. The molecule has 0 aliphatic carbocycles. The minimum absolute atomic E-state index is 0.167. The van der Waals surface area contributed by atoms with Crippen LogP contribution in [0.2, 0.25) is 0 Å². The van der Waals surface area contributed by atoms with Gasteiger partial charge >= 0.3 is 0 Å². The third kappa shape index (κ3) is 8.68. The van der Waals surface area contributed by atoms with Crippen molar-refractivity contribution in [2.45, 2.75) is 61.1 Å². The number of rotatable bonds is 8. The van der Waals surface area contributed by atoms with Crippen LogP contribution in [-0.2, 0) is 6.54 Å². The Morgan fingerprint density at radius 1 is 0.718 bits per heavy atom. The molecule has 6 nitrogen and oxygen atoms in total. The molecule has 4 N–H and O–H groups in total. The fourth-order valence-electron chi connectivity index (χ4n) is 4.02. The number of aromatic nitrogens is 4. The summed E-state index contributed by atoms with van der Waals surface area (Å²) in [6.07, 6.45) is 3.79. The maximum atomic E-state index is 4.59. The van der Waals surface area contributed by atoms with Crippen LogP contribution in [-0.4, -0.2) is 33.0 Å². The molecule has 1 unspecified atom stereocenters. The Labute approximate surface area is 233 Å². The first-order valence-corrected chi connectivity index (χ1v) is 13.7. The van der Waals surface area contributed by atoms with E-state index in [0.29, 0.717) is 0 Å². The van der Waals surface area contributed by atoms with Gasteiger partial charge in [0.1, 0.15) is 11.6 Å². The van der Waals surface area contributed by atoms with Gasteiger partial charge in [0, 0.05) is 24.2 Å². The van der Waals surface area contributed by atoms with Crippen molar-refractivity contribution in [2.75, 3.05) is 13.1 Å². The largest absolute Gasteiger partial charge is 0.341 e. The number of nitrogens with one attached hydrogen (secondary N) is 4. The van der Waals surface area contributed by atoms with Gasteiger partial charge in [-0.25, -0.2) is 9.97 Å². The summed E-state index contributed by atoms with van der Waals surface area (Å²) in [5, 5.41) is 7.01. The van der Waals surface area contributed by atoms with Crippen LogP contribution in [0.5, 0.6) is 0 Å². The molecule has 2 heterocycles. The summed E-state index contributed by atoms with van der Waals surface area (Å²) < 4.78 is 0. The second-order valence-electron chi connectivity index (χ2n) is 12.7. The van der Waals surface area contributed by atoms with Crippen LogP contribution in [0.4, 0.5) is 0 Å². The number of imidazole rings is 2. The van der Waals surface area contributed by atoms with Crippen molar-refractivity contribution >= 4 is 0 Å². The van der Waals surface area contributed by atoms with Gasteiger partial charge in [0.2, 0.25) is 0 Å². The predicted molar refractivity (Wildman–Crippen MR) is 161 cm³/mol. The highest BCUT2D eigenvalue weighted by Crippen LogP contribution is 2.21. The molecular formula is C33H42N6. The summed E-state index contributed by atoms with van der Waals surface area (Å²) >= 11 is 0. The van der Waals surface area contributed by atoms with Crippen LogP contribution >= 0.6 is 0 Å². The van der Waals surface area contributed by atoms with Crippen molar-refractivity contribution < 1.29 is 0 Å². The van der Waals surface area contributed by atoms with E-state index >= 15 is 0 Å². The number of benzene rings is 2. The molecule has 0 radical (unpaired) electrons. The highest BCUT2D eigenvalue weighted by atomic mass is 15.0. The third-order valence-corrected chi connectivity index (χ3v) is 6.26. The van der Waals surface area contributed by atoms with Crippen molar-refractivity contribution in [3.8, 4) is 34.4 Å². The van der Waals surface area contributed by atoms with Crippen LogP contribution in [0, 0.1) is 22.7 Å². The lowest BCUT2D eigenvalue weighted by atomic mass is 9.96. The minimum atomic E-state index is 0.167. The third-order valence-electron chi connectivity index (χ3n) is 6.26. The summed E-state index contributed by atoms with van der Waals surface area (Å²) in [5.74, 6) is 8.45. The van der Waals surface area contributed by atoms with Gasteiger partial charge in [-0.3, -0.25) is 0 Å². The first kappa shape index (κ1) is 28.4. The van der Waals surface area contributed by atoms with E-state index in [4.69, 9.17) is 0 Å². The predicted octanol–water partition coefficient (Wildman–Crippen LogP) is 6.70. The molecule has 6 heteroatoms. The van der Waals surface area contributed by atoms with Gasteiger partial charge in [0.25, 0.3) is 0 Å². The van der Waals surface area contributed by atoms with Gasteiger partial charge in [0.15, 0.2) is 0 Å². The highest BCUT2D eigenvalue weighted by Gasteiger charge is 2.15. The van der Waals surface area contributed by atoms with E-state index in [-0.39, 0.29) is 16.9 Å². The summed E-state index contributed by atoms with van der Waals surface area (Å²) in [6, 6.07) is 16.7. The lowest BCUT2D eigenvalue weighted by Crippen LogP contribution is -2.29. The Morgan fingerprint density at radius 3 is 1.77 bits per heavy atom. The van der Waals surface area contributed by atoms with Gasteiger partial charge in [-0.2, -0.15) is 0 Å². The molecule has 39 heavy (non-hydrogen) atoms. The van der Waals surface area contributed by atoms with Crippen molar-refractivity contribution in [1.29, 1.82) is 0 Å². The van der Waals surface area contributed by atoms with Crippen LogP contribution in [0.25, 0.3) is 22.5 Å². The van der Waals surface area contributed by atoms with Crippen LogP contribution < -0.4 is 10.6 Å². The summed E-state index contributed by atoms with van der Waals surface area (Å²) in [7, 11) is 0. The van der Waals surface area contributed by atoms with Gasteiger partial charge in [-0.15, -0.1) is 0 Å². The van der Waals surface area contributed by atoms with Gasteiger partial charge in [-0.1, -0.05) is 77.6 Å². The average molecular weight is 523 g/mol. The molecule has 1 atom stereocenters. The van der Waals surface area contributed by atoms with E-state index in [1.807, 2.05) is 12.4 Å². The van der Waals surface area contributed by atoms with E-state index in [0.717, 1.165) is 64.9 Å². The second kappa shape index (κ2) is 12.0. The molecule has 0 aliphatic heterocycles. The van der Waals surface area contributed by atoms with E-state index < -0.39 is 0 Å². The molecule has 2 aromatic carbocycles. The minimum Gasteiger partial charge on any atom is -0.341 e.